The lowest BCUT2D eigenvalue weighted by atomic mass is 9.72. The van der Waals surface area contributed by atoms with Crippen molar-refractivity contribution in [2.75, 3.05) is 13.1 Å². The summed E-state index contributed by atoms with van der Waals surface area (Å²) in [6.07, 6.45) is 14.9. The number of hydrogen-bond acceptors (Lipinski definition) is 1. The number of piperidine rings is 1. The van der Waals surface area contributed by atoms with Crippen LogP contribution >= 0.6 is 0 Å². The molecule has 1 heterocycles. The van der Waals surface area contributed by atoms with E-state index in [1.165, 1.54) is 41.4 Å². The molecule has 0 aromatic rings. The van der Waals surface area contributed by atoms with Crippen LogP contribution in [-0.4, -0.2) is 29.8 Å². The van der Waals surface area contributed by atoms with Crippen LogP contribution in [0.5, 0.6) is 0 Å². The number of rotatable bonds is 5. The third kappa shape index (κ3) is 7.09. The molecule has 0 N–H and O–H groups in total. The van der Waals surface area contributed by atoms with Gasteiger partial charge in [0.05, 0.1) is 0 Å². The van der Waals surface area contributed by atoms with Crippen LogP contribution in [0, 0.1) is 5.41 Å². The minimum Gasteiger partial charge on any atom is -0.339 e. The Labute approximate surface area is 174 Å². The van der Waals surface area contributed by atoms with E-state index in [-0.39, 0.29) is 37.3 Å². The number of carbonyl (C=O) groups excluding carboxylic acids is 1. The lowest BCUT2D eigenvalue weighted by molar-refractivity contribution is -0.132. The van der Waals surface area contributed by atoms with Gasteiger partial charge in [0.15, 0.2) is 0 Å². The summed E-state index contributed by atoms with van der Waals surface area (Å²) in [7, 11) is 0. The van der Waals surface area contributed by atoms with E-state index in [4.69, 9.17) is 0 Å². The molecule has 1 aliphatic carbocycles. The van der Waals surface area contributed by atoms with Gasteiger partial charge in [-0.15, -0.1) is 0 Å². The number of amides is 1. The van der Waals surface area contributed by atoms with Crippen molar-refractivity contribution < 1.29 is 13.6 Å². The zero-order chi connectivity index (χ0) is 21.7. The average Bonchev–Trinajstić information content (AvgIpc) is 2.60. The molecular formula is C25H35F2NO. The summed E-state index contributed by atoms with van der Waals surface area (Å²) in [4.78, 5) is 13.7. The molecule has 0 bridgehead atoms. The smallest absolute Gasteiger partial charge is 0.251 e. The number of nitrogens with zero attached hydrogens (tertiary/aromatic N) is 1. The second-order valence-electron chi connectivity index (χ2n) is 9.10. The van der Waals surface area contributed by atoms with Crippen molar-refractivity contribution in [1.29, 1.82) is 0 Å². The third-order valence-corrected chi connectivity index (χ3v) is 5.93. The molecular weight excluding hydrogens is 368 g/mol. The van der Waals surface area contributed by atoms with Gasteiger partial charge in [-0.1, -0.05) is 55.4 Å². The van der Waals surface area contributed by atoms with Crippen molar-refractivity contribution in [2.24, 2.45) is 5.41 Å². The van der Waals surface area contributed by atoms with Crippen molar-refractivity contribution in [3.05, 3.63) is 58.7 Å². The molecule has 0 atom stereocenters. The fourth-order valence-electron chi connectivity index (χ4n) is 4.02. The van der Waals surface area contributed by atoms with Gasteiger partial charge < -0.3 is 4.90 Å². The van der Waals surface area contributed by atoms with Crippen molar-refractivity contribution in [2.45, 2.75) is 72.6 Å². The lowest BCUT2D eigenvalue weighted by Gasteiger charge is -2.32. The zero-order valence-electron chi connectivity index (χ0n) is 18.5. The summed E-state index contributed by atoms with van der Waals surface area (Å²) in [5.74, 6) is -2.82. The van der Waals surface area contributed by atoms with Crippen LogP contribution in [0.3, 0.4) is 0 Å². The topological polar surface area (TPSA) is 20.3 Å². The predicted molar refractivity (Wildman–Crippen MR) is 117 cm³/mol. The van der Waals surface area contributed by atoms with Gasteiger partial charge in [-0.25, -0.2) is 8.78 Å². The second kappa shape index (κ2) is 9.69. The molecule has 4 heteroatoms. The van der Waals surface area contributed by atoms with E-state index >= 15 is 0 Å². The normalized spacial score (nSPS) is 23.3. The van der Waals surface area contributed by atoms with Gasteiger partial charge in [0, 0.05) is 32.0 Å². The van der Waals surface area contributed by atoms with E-state index in [9.17, 15) is 13.6 Å². The fourth-order valence-corrected chi connectivity index (χ4v) is 4.02. The highest BCUT2D eigenvalue weighted by molar-refractivity contribution is 5.88. The van der Waals surface area contributed by atoms with Crippen molar-refractivity contribution in [3.8, 4) is 0 Å². The standard InChI is InChI=1S/C25H35F2NO/c1-19(11-12-22-21(3)10-7-13-24(22,4)5)8-6-9-20(2)18-23(29)28-16-14-25(26,27)15-17-28/h6,8-9,11-12,18H,7,10,13-17H2,1-5H3/b9-6+,12-11+,19-8+,20-18+. The highest BCUT2D eigenvalue weighted by Crippen LogP contribution is 2.40. The highest BCUT2D eigenvalue weighted by Gasteiger charge is 2.35. The van der Waals surface area contributed by atoms with E-state index < -0.39 is 5.92 Å². The van der Waals surface area contributed by atoms with Crippen LogP contribution in [0.15, 0.2) is 58.7 Å². The number of hydrogen-bond donors (Lipinski definition) is 0. The van der Waals surface area contributed by atoms with Crippen LogP contribution in [0.1, 0.15) is 66.7 Å². The average molecular weight is 404 g/mol. The Balaban J connectivity index is 1.94. The molecule has 0 aromatic carbocycles. The van der Waals surface area contributed by atoms with Gasteiger partial charge in [-0.2, -0.15) is 0 Å². The molecule has 0 unspecified atom stereocenters. The van der Waals surface area contributed by atoms with Crippen molar-refractivity contribution in [3.63, 3.8) is 0 Å². The Morgan fingerprint density at radius 2 is 1.69 bits per heavy atom. The number of carbonyl (C=O) groups is 1. The zero-order valence-corrected chi connectivity index (χ0v) is 18.5. The molecule has 0 spiro atoms. The SMILES string of the molecule is CC1=C(/C=C/C(C)=C/C=C/C(C)=C/C(=O)N2CCC(F)(F)CC2)C(C)(C)CCC1. The molecule has 2 nitrogen and oxygen atoms in total. The fraction of sp³-hybridized carbons (Fsp3) is 0.560. The Morgan fingerprint density at radius 3 is 2.31 bits per heavy atom. The molecule has 29 heavy (non-hydrogen) atoms. The highest BCUT2D eigenvalue weighted by atomic mass is 19.3. The van der Waals surface area contributed by atoms with E-state index in [0.29, 0.717) is 0 Å². The Morgan fingerprint density at radius 1 is 1.03 bits per heavy atom. The first kappa shape index (κ1) is 23.3. The van der Waals surface area contributed by atoms with Crippen LogP contribution in [0.25, 0.3) is 0 Å². The maximum Gasteiger partial charge on any atom is 0.251 e. The molecule has 1 aliphatic heterocycles. The van der Waals surface area contributed by atoms with Crippen molar-refractivity contribution in [1.82, 2.24) is 4.90 Å². The first-order valence-corrected chi connectivity index (χ1v) is 10.6. The monoisotopic (exact) mass is 403 g/mol. The minimum atomic E-state index is -2.63. The number of halogens is 2. The van der Waals surface area contributed by atoms with E-state index in [2.05, 4.69) is 39.8 Å². The molecule has 1 saturated heterocycles. The van der Waals surface area contributed by atoms with E-state index in [1.54, 1.807) is 0 Å². The predicted octanol–water partition coefficient (Wildman–Crippen LogP) is 6.78. The lowest BCUT2D eigenvalue weighted by Crippen LogP contribution is -2.42. The van der Waals surface area contributed by atoms with Crippen LogP contribution < -0.4 is 0 Å². The second-order valence-corrected chi connectivity index (χ2v) is 9.10. The summed E-state index contributed by atoms with van der Waals surface area (Å²) in [6, 6.07) is 0. The maximum atomic E-state index is 13.2. The first-order valence-electron chi connectivity index (χ1n) is 10.6. The number of likely N-dealkylation sites (tertiary alicyclic amines) is 1. The molecule has 0 saturated carbocycles. The summed E-state index contributed by atoms with van der Waals surface area (Å²) < 4.78 is 26.4. The summed E-state index contributed by atoms with van der Waals surface area (Å²) in [6.45, 7) is 11.0. The first-order chi connectivity index (χ1) is 13.5. The van der Waals surface area contributed by atoms with E-state index in [1.807, 2.05) is 25.2 Å². The molecule has 2 rings (SSSR count). The Kier molecular flexibility index (Phi) is 7.79. The van der Waals surface area contributed by atoms with Crippen LogP contribution in [0.2, 0.25) is 0 Å². The van der Waals surface area contributed by atoms with E-state index in [0.717, 1.165) is 11.1 Å². The molecule has 160 valence electrons. The summed E-state index contributed by atoms with van der Waals surface area (Å²) in [5.41, 5.74) is 5.10. The number of allylic oxidation sites excluding steroid dienone is 9. The van der Waals surface area contributed by atoms with Gasteiger partial charge in [-0.05, 0) is 56.6 Å². The summed E-state index contributed by atoms with van der Waals surface area (Å²) >= 11 is 0. The van der Waals surface area contributed by atoms with Crippen molar-refractivity contribution >= 4 is 5.91 Å². The Hall–Kier alpha value is -1.97. The molecule has 0 radical (unpaired) electrons. The molecule has 1 amide bonds. The van der Waals surface area contributed by atoms with Gasteiger partial charge >= 0.3 is 0 Å². The molecule has 2 aliphatic rings. The number of alkyl halides is 2. The van der Waals surface area contributed by atoms with Crippen LogP contribution in [0.4, 0.5) is 8.78 Å². The minimum absolute atomic E-state index is 0.120. The van der Waals surface area contributed by atoms with Crippen LogP contribution in [-0.2, 0) is 4.79 Å². The quantitative estimate of drug-likeness (QED) is 0.366. The van der Waals surface area contributed by atoms with Gasteiger partial charge in [-0.3, -0.25) is 4.79 Å². The molecule has 1 fully saturated rings. The van der Waals surface area contributed by atoms with Gasteiger partial charge in [0.1, 0.15) is 0 Å². The largest absolute Gasteiger partial charge is 0.339 e. The van der Waals surface area contributed by atoms with Gasteiger partial charge in [0.25, 0.3) is 5.92 Å². The van der Waals surface area contributed by atoms with Gasteiger partial charge in [0.2, 0.25) is 5.91 Å². The molecule has 0 aromatic heterocycles. The Bertz CT molecular complexity index is 756. The summed E-state index contributed by atoms with van der Waals surface area (Å²) in [5, 5.41) is 0. The maximum absolute atomic E-state index is 13.2. The third-order valence-electron chi connectivity index (χ3n) is 5.93.